The van der Waals surface area contributed by atoms with Crippen LogP contribution in [-0.4, -0.2) is 20.3 Å². The van der Waals surface area contributed by atoms with E-state index < -0.39 is 0 Å². The largest absolute Gasteiger partial charge is 0.384 e. The third kappa shape index (κ3) is 4.35. The fourth-order valence-electron chi connectivity index (χ4n) is 1.45. The standard InChI is InChI=1S/C13H18ClNO/c1-3-7-15-10-12-9-11(6-8-16-2)4-5-13(12)14/h3-5,9,15H,1,6-8,10H2,2H3. The molecule has 0 aliphatic heterocycles. The molecule has 0 aliphatic carbocycles. The highest BCUT2D eigenvalue weighted by atomic mass is 35.5. The topological polar surface area (TPSA) is 21.3 Å². The van der Waals surface area contributed by atoms with Crippen LogP contribution in [-0.2, 0) is 17.7 Å². The molecule has 1 N–H and O–H groups in total. The molecule has 0 radical (unpaired) electrons. The first-order valence-corrected chi connectivity index (χ1v) is 5.73. The summed E-state index contributed by atoms with van der Waals surface area (Å²) in [4.78, 5) is 0. The number of methoxy groups -OCH3 is 1. The van der Waals surface area contributed by atoms with Crippen LogP contribution in [0.5, 0.6) is 0 Å². The molecule has 0 aromatic heterocycles. The number of benzene rings is 1. The lowest BCUT2D eigenvalue weighted by atomic mass is 10.1. The molecule has 0 bridgehead atoms. The van der Waals surface area contributed by atoms with Gasteiger partial charge < -0.3 is 10.1 Å². The summed E-state index contributed by atoms with van der Waals surface area (Å²) in [6.07, 6.45) is 2.75. The summed E-state index contributed by atoms with van der Waals surface area (Å²) in [7, 11) is 1.71. The molecular formula is C13H18ClNO. The third-order valence-electron chi connectivity index (χ3n) is 2.31. The van der Waals surface area contributed by atoms with Crippen molar-refractivity contribution in [3.05, 3.63) is 47.0 Å². The minimum Gasteiger partial charge on any atom is -0.384 e. The molecule has 0 saturated carbocycles. The normalized spacial score (nSPS) is 10.4. The van der Waals surface area contributed by atoms with Gasteiger partial charge in [0, 0.05) is 25.2 Å². The zero-order chi connectivity index (χ0) is 11.8. The Morgan fingerprint density at radius 1 is 1.50 bits per heavy atom. The van der Waals surface area contributed by atoms with Crippen LogP contribution in [0.3, 0.4) is 0 Å². The molecule has 0 unspecified atom stereocenters. The van der Waals surface area contributed by atoms with E-state index in [1.54, 1.807) is 7.11 Å². The van der Waals surface area contributed by atoms with Crippen molar-refractivity contribution in [1.82, 2.24) is 5.32 Å². The lowest BCUT2D eigenvalue weighted by Crippen LogP contribution is -2.13. The van der Waals surface area contributed by atoms with E-state index in [1.807, 2.05) is 18.2 Å². The number of ether oxygens (including phenoxy) is 1. The van der Waals surface area contributed by atoms with Gasteiger partial charge in [-0.3, -0.25) is 0 Å². The number of hydrogen-bond acceptors (Lipinski definition) is 2. The summed E-state index contributed by atoms with van der Waals surface area (Å²) in [6.45, 7) is 5.96. The van der Waals surface area contributed by atoms with Gasteiger partial charge in [0.25, 0.3) is 0 Å². The van der Waals surface area contributed by atoms with Gasteiger partial charge >= 0.3 is 0 Å². The van der Waals surface area contributed by atoms with Gasteiger partial charge in [-0.2, -0.15) is 0 Å². The van der Waals surface area contributed by atoms with Crippen LogP contribution in [0.15, 0.2) is 30.9 Å². The lowest BCUT2D eigenvalue weighted by molar-refractivity contribution is 0.202. The predicted octanol–water partition coefficient (Wildman–Crippen LogP) is 2.80. The number of hydrogen-bond donors (Lipinski definition) is 1. The quantitative estimate of drug-likeness (QED) is 0.584. The molecule has 0 saturated heterocycles. The molecule has 3 heteroatoms. The first kappa shape index (κ1) is 13.2. The van der Waals surface area contributed by atoms with E-state index in [0.717, 1.165) is 36.7 Å². The Bertz CT molecular complexity index is 339. The van der Waals surface area contributed by atoms with Crippen molar-refractivity contribution in [1.29, 1.82) is 0 Å². The molecule has 1 aromatic carbocycles. The van der Waals surface area contributed by atoms with Crippen LogP contribution in [0.1, 0.15) is 11.1 Å². The molecule has 0 amide bonds. The van der Waals surface area contributed by atoms with E-state index in [9.17, 15) is 0 Å². The Morgan fingerprint density at radius 2 is 2.31 bits per heavy atom. The number of nitrogens with one attached hydrogen (secondary N) is 1. The van der Waals surface area contributed by atoms with Gasteiger partial charge in [0.15, 0.2) is 0 Å². The van der Waals surface area contributed by atoms with Gasteiger partial charge in [0.2, 0.25) is 0 Å². The highest BCUT2D eigenvalue weighted by Crippen LogP contribution is 2.17. The SMILES string of the molecule is C=CCNCc1cc(CCOC)ccc1Cl. The van der Waals surface area contributed by atoms with Crippen molar-refractivity contribution in [3.8, 4) is 0 Å². The second-order valence-electron chi connectivity index (χ2n) is 3.59. The second-order valence-corrected chi connectivity index (χ2v) is 4.00. The third-order valence-corrected chi connectivity index (χ3v) is 2.68. The fraction of sp³-hybridized carbons (Fsp3) is 0.385. The average Bonchev–Trinajstić information content (AvgIpc) is 2.30. The van der Waals surface area contributed by atoms with Crippen LogP contribution in [0, 0.1) is 0 Å². The number of rotatable bonds is 7. The second kappa shape index (κ2) is 7.44. The van der Waals surface area contributed by atoms with Gasteiger partial charge in [-0.1, -0.05) is 29.8 Å². The molecule has 0 heterocycles. The summed E-state index contributed by atoms with van der Waals surface area (Å²) < 4.78 is 5.05. The summed E-state index contributed by atoms with van der Waals surface area (Å²) in [6, 6.07) is 6.10. The van der Waals surface area contributed by atoms with Crippen LogP contribution in [0.2, 0.25) is 5.02 Å². The van der Waals surface area contributed by atoms with Crippen molar-refractivity contribution in [2.75, 3.05) is 20.3 Å². The fourth-order valence-corrected chi connectivity index (χ4v) is 1.63. The van der Waals surface area contributed by atoms with Crippen molar-refractivity contribution >= 4 is 11.6 Å². The Hall–Kier alpha value is -0.830. The molecule has 0 aliphatic rings. The molecule has 1 aromatic rings. The Morgan fingerprint density at radius 3 is 3.00 bits per heavy atom. The molecule has 88 valence electrons. The van der Waals surface area contributed by atoms with Crippen molar-refractivity contribution in [2.24, 2.45) is 0 Å². The van der Waals surface area contributed by atoms with E-state index >= 15 is 0 Å². The first-order chi connectivity index (χ1) is 7.77. The van der Waals surface area contributed by atoms with Crippen LogP contribution in [0.25, 0.3) is 0 Å². The highest BCUT2D eigenvalue weighted by molar-refractivity contribution is 6.31. The maximum atomic E-state index is 6.11. The van der Waals surface area contributed by atoms with E-state index in [4.69, 9.17) is 16.3 Å². The Labute approximate surface area is 102 Å². The van der Waals surface area contributed by atoms with Gasteiger partial charge in [-0.15, -0.1) is 6.58 Å². The maximum absolute atomic E-state index is 6.11. The van der Waals surface area contributed by atoms with Crippen molar-refractivity contribution in [3.63, 3.8) is 0 Å². The minimum absolute atomic E-state index is 0.737. The molecule has 16 heavy (non-hydrogen) atoms. The molecule has 2 nitrogen and oxygen atoms in total. The minimum atomic E-state index is 0.737. The Balaban J connectivity index is 2.62. The highest BCUT2D eigenvalue weighted by Gasteiger charge is 2.01. The zero-order valence-corrected chi connectivity index (χ0v) is 10.4. The van der Waals surface area contributed by atoms with Gasteiger partial charge in [-0.25, -0.2) is 0 Å². The maximum Gasteiger partial charge on any atom is 0.0502 e. The van der Waals surface area contributed by atoms with E-state index in [0.29, 0.717) is 0 Å². The van der Waals surface area contributed by atoms with Crippen molar-refractivity contribution in [2.45, 2.75) is 13.0 Å². The Kier molecular flexibility index (Phi) is 6.16. The molecule has 0 fully saturated rings. The predicted molar refractivity (Wildman–Crippen MR) is 68.9 cm³/mol. The summed E-state index contributed by atoms with van der Waals surface area (Å²) >= 11 is 6.11. The van der Waals surface area contributed by atoms with Crippen LogP contribution < -0.4 is 5.32 Å². The molecular weight excluding hydrogens is 222 g/mol. The average molecular weight is 240 g/mol. The lowest BCUT2D eigenvalue weighted by Gasteiger charge is -2.08. The van der Waals surface area contributed by atoms with Gasteiger partial charge in [0.05, 0.1) is 6.61 Å². The summed E-state index contributed by atoms with van der Waals surface area (Å²) in [5.74, 6) is 0. The molecule has 1 rings (SSSR count). The van der Waals surface area contributed by atoms with Gasteiger partial charge in [-0.05, 0) is 23.6 Å². The van der Waals surface area contributed by atoms with E-state index in [1.165, 1.54) is 5.56 Å². The van der Waals surface area contributed by atoms with E-state index in [2.05, 4.69) is 18.0 Å². The van der Waals surface area contributed by atoms with Crippen LogP contribution >= 0.6 is 11.6 Å². The summed E-state index contributed by atoms with van der Waals surface area (Å²) in [5.41, 5.74) is 2.37. The monoisotopic (exact) mass is 239 g/mol. The number of halogens is 1. The molecule has 0 spiro atoms. The van der Waals surface area contributed by atoms with Crippen LogP contribution in [0.4, 0.5) is 0 Å². The summed E-state index contributed by atoms with van der Waals surface area (Å²) in [5, 5.41) is 4.05. The van der Waals surface area contributed by atoms with E-state index in [-0.39, 0.29) is 0 Å². The zero-order valence-electron chi connectivity index (χ0n) is 9.63. The van der Waals surface area contributed by atoms with Crippen molar-refractivity contribution < 1.29 is 4.74 Å². The van der Waals surface area contributed by atoms with Gasteiger partial charge in [0.1, 0.15) is 0 Å². The smallest absolute Gasteiger partial charge is 0.0502 e. The molecule has 0 atom stereocenters. The first-order valence-electron chi connectivity index (χ1n) is 5.35.